The molecule has 2 amide bonds. The second-order valence-electron chi connectivity index (χ2n) is 6.01. The van der Waals surface area contributed by atoms with Gasteiger partial charge in [0.15, 0.2) is 0 Å². The SMILES string of the molecule is CCCC1CCC(NC(=O)Nc2cccc(CN)c2)CC1. The summed E-state index contributed by atoms with van der Waals surface area (Å²) in [6, 6.07) is 7.87. The highest BCUT2D eigenvalue weighted by Crippen LogP contribution is 2.27. The summed E-state index contributed by atoms with van der Waals surface area (Å²) in [6.45, 7) is 2.73. The monoisotopic (exact) mass is 289 g/mol. The highest BCUT2D eigenvalue weighted by atomic mass is 16.2. The van der Waals surface area contributed by atoms with E-state index in [2.05, 4.69) is 17.6 Å². The van der Waals surface area contributed by atoms with Crippen molar-refractivity contribution in [3.05, 3.63) is 29.8 Å². The number of hydrogen-bond acceptors (Lipinski definition) is 2. The number of nitrogens with one attached hydrogen (secondary N) is 2. The molecule has 2 rings (SSSR count). The largest absolute Gasteiger partial charge is 0.335 e. The van der Waals surface area contributed by atoms with Crippen LogP contribution < -0.4 is 16.4 Å². The lowest BCUT2D eigenvalue weighted by Gasteiger charge is -2.29. The molecule has 0 aromatic heterocycles. The zero-order valence-corrected chi connectivity index (χ0v) is 12.9. The van der Waals surface area contributed by atoms with E-state index in [0.29, 0.717) is 12.6 Å². The fourth-order valence-electron chi connectivity index (χ4n) is 3.13. The first-order valence-electron chi connectivity index (χ1n) is 8.07. The van der Waals surface area contributed by atoms with Crippen LogP contribution in [0.3, 0.4) is 0 Å². The summed E-state index contributed by atoms with van der Waals surface area (Å²) >= 11 is 0. The summed E-state index contributed by atoms with van der Waals surface area (Å²) < 4.78 is 0. The highest BCUT2D eigenvalue weighted by molar-refractivity contribution is 5.89. The molecular weight excluding hydrogens is 262 g/mol. The molecule has 116 valence electrons. The summed E-state index contributed by atoms with van der Waals surface area (Å²) in [7, 11) is 0. The lowest BCUT2D eigenvalue weighted by Crippen LogP contribution is -2.40. The minimum Gasteiger partial charge on any atom is -0.335 e. The smallest absolute Gasteiger partial charge is 0.319 e. The summed E-state index contributed by atoms with van der Waals surface area (Å²) in [5, 5.41) is 5.98. The number of rotatable bonds is 5. The molecule has 1 aromatic carbocycles. The maximum Gasteiger partial charge on any atom is 0.319 e. The van der Waals surface area contributed by atoms with Crippen LogP contribution in [0.4, 0.5) is 10.5 Å². The van der Waals surface area contributed by atoms with Gasteiger partial charge in [-0.05, 0) is 49.3 Å². The Bertz CT molecular complexity index is 453. The minimum atomic E-state index is -0.108. The molecule has 21 heavy (non-hydrogen) atoms. The van der Waals surface area contributed by atoms with Crippen molar-refractivity contribution in [3.63, 3.8) is 0 Å². The molecule has 0 heterocycles. The zero-order chi connectivity index (χ0) is 15.1. The van der Waals surface area contributed by atoms with E-state index < -0.39 is 0 Å². The summed E-state index contributed by atoms with van der Waals surface area (Å²) in [5.74, 6) is 0.859. The van der Waals surface area contributed by atoms with E-state index in [0.717, 1.165) is 30.0 Å². The quantitative estimate of drug-likeness (QED) is 0.775. The van der Waals surface area contributed by atoms with E-state index in [1.165, 1.54) is 25.7 Å². The van der Waals surface area contributed by atoms with Crippen LogP contribution in [0, 0.1) is 5.92 Å². The average molecular weight is 289 g/mol. The first-order chi connectivity index (χ1) is 10.2. The fraction of sp³-hybridized carbons (Fsp3) is 0.588. The van der Waals surface area contributed by atoms with Gasteiger partial charge in [-0.15, -0.1) is 0 Å². The standard InChI is InChI=1S/C17H27N3O/c1-2-4-13-7-9-15(10-8-13)19-17(21)20-16-6-3-5-14(11-16)12-18/h3,5-6,11,13,15H,2,4,7-10,12,18H2,1H3,(H2,19,20,21). The molecule has 0 bridgehead atoms. The molecular formula is C17H27N3O. The molecule has 4 N–H and O–H groups in total. The van der Waals surface area contributed by atoms with Crippen LogP contribution >= 0.6 is 0 Å². The number of benzene rings is 1. The van der Waals surface area contributed by atoms with Gasteiger partial charge in [0.25, 0.3) is 0 Å². The Morgan fingerprint density at radius 3 is 2.71 bits per heavy atom. The molecule has 0 unspecified atom stereocenters. The van der Waals surface area contributed by atoms with Crippen LogP contribution in [-0.4, -0.2) is 12.1 Å². The number of amides is 2. The Labute approximate surface area is 127 Å². The van der Waals surface area contributed by atoms with Gasteiger partial charge in [-0.2, -0.15) is 0 Å². The van der Waals surface area contributed by atoms with Gasteiger partial charge in [0.1, 0.15) is 0 Å². The summed E-state index contributed by atoms with van der Waals surface area (Å²) in [6.07, 6.45) is 7.26. The molecule has 0 spiro atoms. The van der Waals surface area contributed by atoms with E-state index in [-0.39, 0.29) is 6.03 Å². The second-order valence-corrected chi connectivity index (χ2v) is 6.01. The zero-order valence-electron chi connectivity index (χ0n) is 12.9. The third kappa shape index (κ3) is 5.05. The molecule has 1 saturated carbocycles. The lowest BCUT2D eigenvalue weighted by atomic mass is 9.83. The van der Waals surface area contributed by atoms with Crippen LogP contribution in [0.2, 0.25) is 0 Å². The Hall–Kier alpha value is -1.55. The fourth-order valence-corrected chi connectivity index (χ4v) is 3.13. The first-order valence-corrected chi connectivity index (χ1v) is 8.07. The normalized spacial score (nSPS) is 21.8. The molecule has 1 aliphatic rings. The predicted molar refractivity (Wildman–Crippen MR) is 87.1 cm³/mol. The van der Waals surface area contributed by atoms with Gasteiger partial charge in [0, 0.05) is 18.3 Å². The highest BCUT2D eigenvalue weighted by Gasteiger charge is 2.21. The van der Waals surface area contributed by atoms with Crippen molar-refractivity contribution in [2.45, 2.75) is 58.0 Å². The Kier molecular flexibility index (Phi) is 6.05. The third-order valence-electron chi connectivity index (χ3n) is 4.30. The molecule has 4 heteroatoms. The maximum absolute atomic E-state index is 12.0. The summed E-state index contributed by atoms with van der Waals surface area (Å²) in [4.78, 5) is 12.0. The van der Waals surface area contributed by atoms with E-state index >= 15 is 0 Å². The van der Waals surface area contributed by atoms with E-state index in [4.69, 9.17) is 5.73 Å². The molecule has 4 nitrogen and oxygen atoms in total. The van der Waals surface area contributed by atoms with Crippen molar-refractivity contribution in [1.82, 2.24) is 5.32 Å². The van der Waals surface area contributed by atoms with Gasteiger partial charge < -0.3 is 16.4 Å². The van der Waals surface area contributed by atoms with Gasteiger partial charge in [-0.3, -0.25) is 0 Å². The number of carbonyl (C=O) groups is 1. The van der Waals surface area contributed by atoms with Crippen molar-refractivity contribution in [2.75, 3.05) is 5.32 Å². The Morgan fingerprint density at radius 2 is 2.05 bits per heavy atom. The minimum absolute atomic E-state index is 0.108. The van der Waals surface area contributed by atoms with Crippen molar-refractivity contribution in [1.29, 1.82) is 0 Å². The van der Waals surface area contributed by atoms with Gasteiger partial charge in [-0.1, -0.05) is 31.9 Å². The van der Waals surface area contributed by atoms with Crippen LogP contribution in [0.1, 0.15) is 51.0 Å². The number of carbonyl (C=O) groups excluding carboxylic acids is 1. The topological polar surface area (TPSA) is 67.2 Å². The van der Waals surface area contributed by atoms with E-state index in [1.54, 1.807) is 0 Å². The average Bonchev–Trinajstić information content (AvgIpc) is 2.49. The number of nitrogens with two attached hydrogens (primary N) is 1. The molecule has 1 fully saturated rings. The van der Waals surface area contributed by atoms with Crippen LogP contribution in [-0.2, 0) is 6.54 Å². The predicted octanol–water partition coefficient (Wildman–Crippen LogP) is 3.63. The molecule has 1 aliphatic carbocycles. The van der Waals surface area contributed by atoms with Crippen molar-refractivity contribution in [3.8, 4) is 0 Å². The molecule has 1 aromatic rings. The molecule has 0 saturated heterocycles. The van der Waals surface area contributed by atoms with Crippen LogP contribution in [0.5, 0.6) is 0 Å². The first kappa shape index (κ1) is 15.8. The van der Waals surface area contributed by atoms with E-state index in [1.807, 2.05) is 24.3 Å². The number of hydrogen-bond donors (Lipinski definition) is 3. The Morgan fingerprint density at radius 1 is 1.29 bits per heavy atom. The van der Waals surface area contributed by atoms with Crippen molar-refractivity contribution < 1.29 is 4.79 Å². The molecule has 0 aliphatic heterocycles. The maximum atomic E-state index is 12.0. The number of anilines is 1. The third-order valence-corrected chi connectivity index (χ3v) is 4.30. The molecule has 0 radical (unpaired) electrons. The summed E-state index contributed by atoms with van der Waals surface area (Å²) in [5.41, 5.74) is 7.43. The van der Waals surface area contributed by atoms with Crippen molar-refractivity contribution in [2.24, 2.45) is 11.7 Å². The number of urea groups is 1. The lowest BCUT2D eigenvalue weighted by molar-refractivity contribution is 0.236. The van der Waals surface area contributed by atoms with Gasteiger partial charge >= 0.3 is 6.03 Å². The second kappa shape index (κ2) is 8.03. The van der Waals surface area contributed by atoms with E-state index in [9.17, 15) is 4.79 Å². The van der Waals surface area contributed by atoms with Crippen LogP contribution in [0.15, 0.2) is 24.3 Å². The van der Waals surface area contributed by atoms with Gasteiger partial charge in [0.2, 0.25) is 0 Å². The van der Waals surface area contributed by atoms with Gasteiger partial charge in [-0.25, -0.2) is 4.79 Å². The van der Waals surface area contributed by atoms with Crippen molar-refractivity contribution >= 4 is 11.7 Å². The van der Waals surface area contributed by atoms with Gasteiger partial charge in [0.05, 0.1) is 0 Å². The van der Waals surface area contributed by atoms with Crippen LogP contribution in [0.25, 0.3) is 0 Å². The Balaban J connectivity index is 1.77. The molecule has 0 atom stereocenters.